The first-order chi connectivity index (χ1) is 20.5. The maximum atomic E-state index is 13.6. The van der Waals surface area contributed by atoms with E-state index in [0.29, 0.717) is 16.3 Å². The van der Waals surface area contributed by atoms with Gasteiger partial charge in [-0.3, -0.25) is 14.8 Å². The second kappa shape index (κ2) is 13.3. The number of halogens is 4. The van der Waals surface area contributed by atoms with E-state index < -0.39 is 23.6 Å². The van der Waals surface area contributed by atoms with Crippen molar-refractivity contribution in [3.05, 3.63) is 136 Å². The highest BCUT2D eigenvalue weighted by atomic mass is 35.5. The topological polar surface area (TPSA) is 82.9 Å². The summed E-state index contributed by atoms with van der Waals surface area (Å²) in [6.07, 6.45) is -0.0114. The SMILES string of the molecule is CC=N/C(=C\C(=C\c1ccc(C(=O)c2ccc(N(C)c3ccc(Cl)cc3)cn2)cc1C(=O)O)c1ccccc1)C(F)(F)F. The molecule has 4 aromatic rings. The number of aromatic carboxylic acids is 1. The summed E-state index contributed by atoms with van der Waals surface area (Å²) in [7, 11) is 1.83. The monoisotopic (exact) mass is 603 g/mol. The van der Waals surface area contributed by atoms with Crippen molar-refractivity contribution in [2.24, 2.45) is 4.99 Å². The number of allylic oxidation sites excluding steroid dienone is 3. The smallest absolute Gasteiger partial charge is 0.433 e. The highest BCUT2D eigenvalue weighted by molar-refractivity contribution is 6.30. The third-order valence-corrected chi connectivity index (χ3v) is 6.65. The average molecular weight is 604 g/mol. The summed E-state index contributed by atoms with van der Waals surface area (Å²) in [5, 5.41) is 10.6. The van der Waals surface area contributed by atoms with Crippen LogP contribution in [0.2, 0.25) is 5.02 Å². The second-order valence-corrected chi connectivity index (χ2v) is 9.69. The number of carboxylic acid groups (broad SMARTS) is 1. The minimum absolute atomic E-state index is 0.0595. The Morgan fingerprint density at radius 1 is 0.930 bits per heavy atom. The van der Waals surface area contributed by atoms with Gasteiger partial charge < -0.3 is 10.0 Å². The van der Waals surface area contributed by atoms with E-state index in [-0.39, 0.29) is 28.0 Å². The lowest BCUT2D eigenvalue weighted by Crippen LogP contribution is -2.11. The van der Waals surface area contributed by atoms with Crippen molar-refractivity contribution in [1.29, 1.82) is 0 Å². The molecule has 10 heteroatoms. The number of aromatic nitrogens is 1. The molecule has 0 amide bonds. The lowest BCUT2D eigenvalue weighted by molar-refractivity contribution is -0.0922. The average Bonchev–Trinajstić information content (AvgIpc) is 3.00. The molecule has 6 nitrogen and oxygen atoms in total. The number of aliphatic imine (C=N–C) groups is 1. The number of anilines is 2. The van der Waals surface area contributed by atoms with E-state index in [0.717, 1.165) is 18.0 Å². The Hall–Kier alpha value is -5.02. The molecular formula is C33H25ClF3N3O3. The van der Waals surface area contributed by atoms with E-state index in [9.17, 15) is 27.9 Å². The maximum Gasteiger partial charge on any atom is 0.433 e. The number of carbonyl (C=O) groups excluding carboxylic acids is 1. The van der Waals surface area contributed by atoms with Crippen LogP contribution < -0.4 is 4.90 Å². The normalized spacial score (nSPS) is 12.4. The first-order valence-electron chi connectivity index (χ1n) is 12.9. The van der Waals surface area contributed by atoms with Gasteiger partial charge in [0, 0.05) is 29.5 Å². The number of carboxylic acids is 1. The molecular weight excluding hydrogens is 579 g/mol. The molecule has 0 saturated heterocycles. The number of hydrogen-bond acceptors (Lipinski definition) is 5. The van der Waals surface area contributed by atoms with E-state index in [2.05, 4.69) is 9.98 Å². The van der Waals surface area contributed by atoms with Gasteiger partial charge in [0.1, 0.15) is 11.4 Å². The largest absolute Gasteiger partial charge is 0.478 e. The number of benzene rings is 3. The van der Waals surface area contributed by atoms with Crippen LogP contribution in [0.5, 0.6) is 0 Å². The Morgan fingerprint density at radius 2 is 1.60 bits per heavy atom. The fourth-order valence-electron chi connectivity index (χ4n) is 4.17. The zero-order chi connectivity index (χ0) is 31.1. The van der Waals surface area contributed by atoms with Gasteiger partial charge in [0.25, 0.3) is 0 Å². The highest BCUT2D eigenvalue weighted by Gasteiger charge is 2.33. The fourth-order valence-corrected chi connectivity index (χ4v) is 4.30. The number of rotatable bonds is 9. The van der Waals surface area contributed by atoms with Gasteiger partial charge in [0.05, 0.1) is 17.4 Å². The van der Waals surface area contributed by atoms with Crippen LogP contribution in [0.4, 0.5) is 24.5 Å². The summed E-state index contributed by atoms with van der Waals surface area (Å²) < 4.78 is 40.9. The number of pyridine rings is 1. The van der Waals surface area contributed by atoms with Gasteiger partial charge >= 0.3 is 12.1 Å². The van der Waals surface area contributed by atoms with Crippen LogP contribution in [-0.2, 0) is 0 Å². The molecule has 1 heterocycles. The van der Waals surface area contributed by atoms with Gasteiger partial charge in [-0.05, 0) is 78.2 Å². The van der Waals surface area contributed by atoms with Crippen molar-refractivity contribution < 1.29 is 27.9 Å². The maximum absolute atomic E-state index is 13.6. The van der Waals surface area contributed by atoms with Crippen LogP contribution in [0.3, 0.4) is 0 Å². The van der Waals surface area contributed by atoms with Crippen LogP contribution in [-0.4, -0.2) is 41.3 Å². The molecule has 0 aliphatic rings. The van der Waals surface area contributed by atoms with Gasteiger partial charge in [-0.2, -0.15) is 13.2 Å². The lowest BCUT2D eigenvalue weighted by atomic mass is 9.96. The van der Waals surface area contributed by atoms with Crippen molar-refractivity contribution in [3.63, 3.8) is 0 Å². The molecule has 4 rings (SSSR count). The van der Waals surface area contributed by atoms with Crippen molar-refractivity contribution in [3.8, 4) is 0 Å². The number of ketones is 1. The van der Waals surface area contributed by atoms with Crippen molar-refractivity contribution in [2.45, 2.75) is 13.1 Å². The van der Waals surface area contributed by atoms with E-state index in [1.807, 2.05) is 24.1 Å². The van der Waals surface area contributed by atoms with Crippen LogP contribution in [0.25, 0.3) is 11.6 Å². The number of alkyl halides is 3. The third kappa shape index (κ3) is 7.64. The van der Waals surface area contributed by atoms with Crippen LogP contribution >= 0.6 is 11.6 Å². The van der Waals surface area contributed by atoms with Crippen molar-refractivity contribution in [2.75, 3.05) is 11.9 Å². The third-order valence-electron chi connectivity index (χ3n) is 6.40. The predicted octanol–water partition coefficient (Wildman–Crippen LogP) is 8.51. The molecule has 0 bridgehead atoms. The van der Waals surface area contributed by atoms with E-state index >= 15 is 0 Å². The predicted molar refractivity (Wildman–Crippen MR) is 163 cm³/mol. The quantitative estimate of drug-likeness (QED) is 0.0897. The first-order valence-corrected chi connectivity index (χ1v) is 13.3. The zero-order valence-corrected chi connectivity index (χ0v) is 23.8. The molecule has 0 spiro atoms. The molecule has 218 valence electrons. The Morgan fingerprint density at radius 3 is 2.19 bits per heavy atom. The summed E-state index contributed by atoms with van der Waals surface area (Å²) in [6.45, 7) is 1.37. The summed E-state index contributed by atoms with van der Waals surface area (Å²) in [5.41, 5.74) is 0.906. The lowest BCUT2D eigenvalue weighted by Gasteiger charge is -2.19. The summed E-state index contributed by atoms with van der Waals surface area (Å²) in [4.78, 5) is 35.1. The number of hydrogen-bond donors (Lipinski definition) is 1. The standard InChI is InChI=1S/C33H25ClF3N3O3/c1-3-38-30(33(35,36)37)19-24(21-7-5-4-6-8-21)17-22-9-10-23(18-28(22)32(42)43)31(41)29-16-15-27(20-39-29)40(2)26-13-11-25(34)12-14-26/h3-20H,1-2H3,(H,42,43)/b24-17-,30-19-,38-3?. The number of carbonyl (C=O) groups is 2. The Bertz CT molecular complexity index is 1710. The number of nitrogens with zero attached hydrogens (tertiary/aromatic N) is 3. The van der Waals surface area contributed by atoms with Crippen LogP contribution in [0.15, 0.2) is 108 Å². The van der Waals surface area contributed by atoms with E-state index in [4.69, 9.17) is 11.6 Å². The second-order valence-electron chi connectivity index (χ2n) is 9.25. The van der Waals surface area contributed by atoms with Gasteiger partial charge in [-0.25, -0.2) is 4.79 Å². The van der Waals surface area contributed by atoms with E-state index in [1.165, 1.54) is 43.5 Å². The zero-order valence-electron chi connectivity index (χ0n) is 23.0. The molecule has 1 N–H and O–H groups in total. The van der Waals surface area contributed by atoms with Gasteiger partial charge in [0.2, 0.25) is 5.78 Å². The van der Waals surface area contributed by atoms with Crippen molar-refractivity contribution >= 4 is 52.6 Å². The van der Waals surface area contributed by atoms with Crippen LogP contribution in [0, 0.1) is 0 Å². The molecule has 43 heavy (non-hydrogen) atoms. The molecule has 0 unspecified atom stereocenters. The summed E-state index contributed by atoms with van der Waals surface area (Å²) in [6, 6.07) is 22.6. The van der Waals surface area contributed by atoms with Crippen LogP contribution in [0.1, 0.15) is 44.5 Å². The molecule has 0 aliphatic heterocycles. The van der Waals surface area contributed by atoms with Gasteiger partial charge in [0.15, 0.2) is 0 Å². The molecule has 0 radical (unpaired) electrons. The fraction of sp³-hybridized carbons (Fsp3) is 0.0909. The Kier molecular flexibility index (Phi) is 9.57. The van der Waals surface area contributed by atoms with Gasteiger partial charge in [-0.15, -0.1) is 0 Å². The van der Waals surface area contributed by atoms with E-state index in [1.54, 1.807) is 48.5 Å². The highest BCUT2D eigenvalue weighted by Crippen LogP contribution is 2.32. The molecule has 0 saturated carbocycles. The summed E-state index contributed by atoms with van der Waals surface area (Å²) in [5.74, 6) is -1.87. The van der Waals surface area contributed by atoms with Crippen molar-refractivity contribution in [1.82, 2.24) is 4.98 Å². The van der Waals surface area contributed by atoms with Gasteiger partial charge in [-0.1, -0.05) is 54.1 Å². The molecule has 0 aliphatic carbocycles. The Balaban J connectivity index is 1.70. The molecule has 0 fully saturated rings. The minimum Gasteiger partial charge on any atom is -0.478 e. The molecule has 1 aromatic heterocycles. The minimum atomic E-state index is -4.74. The Labute approximate surface area is 251 Å². The molecule has 0 atom stereocenters. The molecule has 3 aromatic carbocycles. The first kappa shape index (κ1) is 30.9. The summed E-state index contributed by atoms with van der Waals surface area (Å²) >= 11 is 5.96.